The summed E-state index contributed by atoms with van der Waals surface area (Å²) in [6, 6.07) is 117. The number of fused-ring (bicyclic) bond motifs is 10. The SMILES string of the molecule is CC(C)(C)c1ccc2c(c1)c1cc(C(C)(C)C)ccc1n2-c1ccc2c(c1)N(CCc1c(-c3ccccc3)cccc1-c1ccccc1)c1cc(-c3cccc(C#N)c3)cc3c1B2c1ccc(-n2c4ccc(C(C)(C)C)cc4c4cc(C(C)(C)C)ccc42)cc1N3CCc1c(-c2ccccc2)cccc1-c1ccccc1. The molecule has 2 aromatic heterocycles. The third kappa shape index (κ3) is 12.5. The van der Waals surface area contributed by atoms with E-state index in [-0.39, 0.29) is 28.4 Å². The number of benzene rings is 14. The molecule has 0 saturated heterocycles. The Morgan fingerprint density at radius 3 is 0.919 bits per heavy atom. The predicted molar refractivity (Wildman–Crippen MR) is 474 cm³/mol. The van der Waals surface area contributed by atoms with E-state index in [4.69, 9.17) is 0 Å². The van der Waals surface area contributed by atoms with E-state index in [0.717, 1.165) is 46.7 Å². The van der Waals surface area contributed by atoms with Crippen LogP contribution in [-0.4, -0.2) is 28.9 Å². The second kappa shape index (κ2) is 27.1. The van der Waals surface area contributed by atoms with Crippen molar-refractivity contribution >= 4 is 89.5 Å². The molecular formula is C105H94BN5. The molecule has 0 unspecified atom stereocenters. The highest BCUT2D eigenvalue weighted by Gasteiger charge is 2.44. The minimum Gasteiger partial charge on any atom is -0.342 e. The summed E-state index contributed by atoms with van der Waals surface area (Å²) in [6.45, 7) is 29.0. The van der Waals surface area contributed by atoms with Gasteiger partial charge >= 0.3 is 0 Å². The Morgan fingerprint density at radius 1 is 0.288 bits per heavy atom. The van der Waals surface area contributed by atoms with E-state index in [1.165, 1.54) is 149 Å². The molecule has 0 bridgehead atoms. The van der Waals surface area contributed by atoms with Crippen LogP contribution in [-0.2, 0) is 34.5 Å². The van der Waals surface area contributed by atoms with Gasteiger partial charge in [0.2, 0.25) is 0 Å². The number of nitriles is 1. The second-order valence-electron chi connectivity index (χ2n) is 35.1. The molecule has 6 heteroatoms. The molecule has 16 aromatic rings. The summed E-state index contributed by atoms with van der Waals surface area (Å²) < 4.78 is 5.09. The van der Waals surface area contributed by atoms with Crippen LogP contribution in [0.4, 0.5) is 22.7 Å². The number of anilines is 4. The van der Waals surface area contributed by atoms with Gasteiger partial charge in [-0.15, -0.1) is 0 Å². The summed E-state index contributed by atoms with van der Waals surface area (Å²) in [5, 5.41) is 15.9. The van der Waals surface area contributed by atoms with Crippen LogP contribution in [0, 0.1) is 11.3 Å². The lowest BCUT2D eigenvalue weighted by molar-refractivity contribution is 0.590. The molecule has 0 amide bonds. The van der Waals surface area contributed by atoms with Gasteiger partial charge in [0, 0.05) is 68.8 Å². The van der Waals surface area contributed by atoms with Crippen molar-refractivity contribution in [1.29, 1.82) is 5.26 Å². The van der Waals surface area contributed by atoms with Gasteiger partial charge in [-0.05, 0) is 237 Å². The molecule has 542 valence electrons. The molecule has 111 heavy (non-hydrogen) atoms. The average molecular weight is 1440 g/mol. The fourth-order valence-electron chi connectivity index (χ4n) is 18.0. The quantitative estimate of drug-likeness (QED) is 0.108. The molecule has 0 radical (unpaired) electrons. The van der Waals surface area contributed by atoms with E-state index < -0.39 is 0 Å². The van der Waals surface area contributed by atoms with Crippen LogP contribution in [0.1, 0.15) is 122 Å². The third-order valence-electron chi connectivity index (χ3n) is 23.9. The molecule has 18 rings (SSSR count). The highest BCUT2D eigenvalue weighted by Crippen LogP contribution is 2.47. The van der Waals surface area contributed by atoms with Crippen LogP contribution in [0.3, 0.4) is 0 Å². The fraction of sp³-hybridized carbons (Fsp3) is 0.190. The lowest BCUT2D eigenvalue weighted by Gasteiger charge is -2.45. The van der Waals surface area contributed by atoms with E-state index >= 15 is 0 Å². The zero-order chi connectivity index (χ0) is 76.4. The Kier molecular flexibility index (Phi) is 17.2. The van der Waals surface area contributed by atoms with Crippen molar-refractivity contribution < 1.29 is 0 Å². The van der Waals surface area contributed by atoms with Gasteiger partial charge in [-0.2, -0.15) is 5.26 Å². The number of hydrogen-bond acceptors (Lipinski definition) is 3. The summed E-state index contributed by atoms with van der Waals surface area (Å²) in [5.74, 6) is 0. The van der Waals surface area contributed by atoms with Crippen LogP contribution in [0.15, 0.2) is 303 Å². The Labute approximate surface area is 655 Å². The zero-order valence-corrected chi connectivity index (χ0v) is 66.0. The van der Waals surface area contributed by atoms with Gasteiger partial charge in [-0.1, -0.05) is 289 Å². The first-order valence-corrected chi connectivity index (χ1v) is 39.7. The molecule has 14 aromatic carbocycles. The molecule has 2 aliphatic heterocycles. The highest BCUT2D eigenvalue weighted by molar-refractivity contribution is 7.00. The van der Waals surface area contributed by atoms with Crippen molar-refractivity contribution in [1.82, 2.24) is 9.13 Å². The predicted octanol–water partition coefficient (Wildman–Crippen LogP) is 25.2. The maximum atomic E-state index is 10.8. The molecular weight excluding hydrogens is 1340 g/mol. The van der Waals surface area contributed by atoms with E-state index in [1.807, 2.05) is 6.07 Å². The van der Waals surface area contributed by atoms with Gasteiger partial charge in [0.05, 0.1) is 33.7 Å². The summed E-state index contributed by atoms with van der Waals surface area (Å²) in [7, 11) is 0. The van der Waals surface area contributed by atoms with Crippen molar-refractivity contribution in [2.45, 2.75) is 118 Å². The topological polar surface area (TPSA) is 40.1 Å². The Balaban J connectivity index is 0.930. The zero-order valence-electron chi connectivity index (χ0n) is 66.0. The minimum atomic E-state index is -0.202. The fourth-order valence-corrected chi connectivity index (χ4v) is 18.0. The van der Waals surface area contributed by atoms with Gasteiger partial charge < -0.3 is 18.9 Å². The summed E-state index contributed by atoms with van der Waals surface area (Å²) in [5.41, 5.74) is 35.4. The van der Waals surface area contributed by atoms with Crippen LogP contribution in [0.2, 0.25) is 0 Å². The van der Waals surface area contributed by atoms with Crippen molar-refractivity contribution in [3.63, 3.8) is 0 Å². The van der Waals surface area contributed by atoms with Gasteiger partial charge in [0.15, 0.2) is 0 Å². The van der Waals surface area contributed by atoms with Crippen LogP contribution in [0.25, 0.3) is 111 Å². The van der Waals surface area contributed by atoms with Gasteiger partial charge in [-0.3, -0.25) is 0 Å². The normalized spacial score (nSPS) is 12.9. The highest BCUT2D eigenvalue weighted by atomic mass is 15.2. The lowest BCUT2D eigenvalue weighted by atomic mass is 9.33. The summed E-state index contributed by atoms with van der Waals surface area (Å²) in [6.07, 6.45) is 1.45. The number of hydrogen-bond donors (Lipinski definition) is 0. The molecule has 5 nitrogen and oxygen atoms in total. The van der Waals surface area contributed by atoms with Crippen molar-refractivity contribution in [3.05, 3.63) is 342 Å². The Bertz CT molecular complexity index is 5770. The van der Waals surface area contributed by atoms with E-state index in [1.54, 1.807) is 0 Å². The number of rotatable bonds is 13. The van der Waals surface area contributed by atoms with E-state index in [9.17, 15) is 5.26 Å². The third-order valence-corrected chi connectivity index (χ3v) is 23.9. The molecule has 2 aliphatic rings. The minimum absolute atomic E-state index is 0.0583. The molecule has 0 saturated carbocycles. The molecule has 0 spiro atoms. The molecule has 0 aliphatic carbocycles. The monoisotopic (exact) mass is 1440 g/mol. The summed E-state index contributed by atoms with van der Waals surface area (Å²) >= 11 is 0. The lowest BCUT2D eigenvalue weighted by Crippen LogP contribution is -2.62. The first-order valence-electron chi connectivity index (χ1n) is 39.7. The maximum absolute atomic E-state index is 10.8. The molecule has 0 atom stereocenters. The van der Waals surface area contributed by atoms with Gasteiger partial charge in [-0.25, -0.2) is 0 Å². The van der Waals surface area contributed by atoms with Crippen LogP contribution < -0.4 is 26.2 Å². The largest absolute Gasteiger partial charge is 0.342 e. The second-order valence-corrected chi connectivity index (χ2v) is 35.1. The molecule has 0 N–H and O–H groups in total. The van der Waals surface area contributed by atoms with E-state index in [0.29, 0.717) is 18.7 Å². The van der Waals surface area contributed by atoms with Gasteiger partial charge in [0.25, 0.3) is 6.71 Å². The standard InChI is InChI=1S/C105H94BN5/c1-102(2,3)75-42-50-93-87(61-75)88-62-76(103(4,5)6)43-51-94(88)110(93)79-46-48-91-97(65-79)108(56-54-85-81(69-29-17-13-18-30-69)38-26-39-82(85)70-31-19-14-20-32-70)99-59-74(73-37-25-28-68(58-73)67-107)60-100-101(99)106(91)92-49-47-80(111-95-52-44-77(104(7,8)9)63-89(95)90-64-78(105(10,11)12)45-53-96(90)111)66-98(92)109(100)57-55-86-83(71-33-21-15-22-34-71)40-27-41-84(86)72-35-23-16-24-36-72/h13-53,58-66H,54-57H2,1-12H3. The van der Waals surface area contributed by atoms with Crippen molar-refractivity contribution in [3.8, 4) is 73.1 Å². The maximum Gasteiger partial charge on any atom is 0.252 e. The average Bonchev–Trinajstić information content (AvgIpc) is 1.72. The summed E-state index contributed by atoms with van der Waals surface area (Å²) in [4.78, 5) is 5.41. The van der Waals surface area contributed by atoms with Crippen LogP contribution >= 0.6 is 0 Å². The number of nitrogens with zero attached hydrogens (tertiary/aromatic N) is 5. The van der Waals surface area contributed by atoms with Gasteiger partial charge in [0.1, 0.15) is 0 Å². The van der Waals surface area contributed by atoms with Crippen molar-refractivity contribution in [2.75, 3.05) is 22.9 Å². The Morgan fingerprint density at radius 2 is 0.604 bits per heavy atom. The number of aromatic nitrogens is 2. The smallest absolute Gasteiger partial charge is 0.252 e. The van der Waals surface area contributed by atoms with Crippen LogP contribution in [0.5, 0.6) is 0 Å². The Hall–Kier alpha value is -12.2. The first kappa shape index (κ1) is 70.5. The molecule has 0 fully saturated rings. The van der Waals surface area contributed by atoms with Crippen molar-refractivity contribution in [2.24, 2.45) is 0 Å². The first-order chi connectivity index (χ1) is 53.5. The van der Waals surface area contributed by atoms with E-state index in [2.05, 4.69) is 405 Å². The molecule has 4 heterocycles.